The van der Waals surface area contributed by atoms with Crippen molar-refractivity contribution in [1.82, 2.24) is 4.98 Å². The van der Waals surface area contributed by atoms with Gasteiger partial charge in [-0.05, 0) is 64.1 Å². The Hall–Kier alpha value is -2.71. The van der Waals surface area contributed by atoms with Crippen LogP contribution in [-0.4, -0.2) is 4.98 Å². The molecule has 6 rings (SSSR count). The van der Waals surface area contributed by atoms with Crippen LogP contribution >= 0.6 is 11.3 Å². The number of benzene rings is 4. The fraction of sp³-hybridized carbons (Fsp3) is 0.160. The first-order chi connectivity index (χ1) is 13.4. The molecule has 27 heavy (non-hydrogen) atoms. The Morgan fingerprint density at radius 1 is 0.778 bits per heavy atom. The van der Waals surface area contributed by atoms with Crippen molar-refractivity contribution in [2.24, 2.45) is 0 Å². The zero-order valence-electron chi connectivity index (χ0n) is 15.0. The molecule has 1 heterocycles. The maximum atomic E-state index is 4.96. The third-order valence-electron chi connectivity index (χ3n) is 6.01. The van der Waals surface area contributed by atoms with E-state index in [1.807, 2.05) is 11.3 Å². The number of hydrogen-bond donors (Lipinski definition) is 0. The summed E-state index contributed by atoms with van der Waals surface area (Å²) in [4.78, 5) is 4.96. The van der Waals surface area contributed by atoms with Crippen molar-refractivity contribution in [3.63, 3.8) is 0 Å². The largest absolute Gasteiger partial charge is 0.241 e. The van der Waals surface area contributed by atoms with Crippen LogP contribution in [0.3, 0.4) is 0 Å². The van der Waals surface area contributed by atoms with Gasteiger partial charge >= 0.3 is 0 Å². The van der Waals surface area contributed by atoms with E-state index >= 15 is 0 Å². The number of fused-ring (bicyclic) bond motifs is 6. The average molecular weight is 366 g/mol. The van der Waals surface area contributed by atoms with Crippen LogP contribution < -0.4 is 0 Å². The van der Waals surface area contributed by atoms with Crippen molar-refractivity contribution in [3.8, 4) is 0 Å². The van der Waals surface area contributed by atoms with E-state index in [0.717, 1.165) is 18.4 Å². The molecule has 0 amide bonds. The number of aromatic nitrogens is 1. The molecule has 0 bridgehead atoms. The monoisotopic (exact) mass is 365 g/mol. The summed E-state index contributed by atoms with van der Waals surface area (Å²) in [5, 5.41) is 6.80. The Morgan fingerprint density at radius 2 is 1.63 bits per heavy atom. The molecule has 130 valence electrons. The smallest absolute Gasteiger partial charge is 0.0972 e. The van der Waals surface area contributed by atoms with E-state index in [1.165, 1.54) is 48.8 Å². The van der Waals surface area contributed by atoms with Crippen LogP contribution in [0.5, 0.6) is 0 Å². The number of hydrogen-bond acceptors (Lipinski definition) is 2. The minimum absolute atomic E-state index is 0.534. The van der Waals surface area contributed by atoms with Crippen molar-refractivity contribution in [3.05, 3.63) is 88.9 Å². The molecule has 1 aliphatic carbocycles. The highest BCUT2D eigenvalue weighted by Gasteiger charge is 2.24. The normalized spacial score (nSPS) is 16.8. The lowest BCUT2D eigenvalue weighted by atomic mass is 9.81. The number of thiazole rings is 1. The van der Waals surface area contributed by atoms with Gasteiger partial charge in [-0.25, -0.2) is 4.98 Å². The van der Waals surface area contributed by atoms with Crippen LogP contribution in [0.2, 0.25) is 0 Å². The molecule has 5 aromatic rings. The molecule has 0 spiro atoms. The van der Waals surface area contributed by atoms with E-state index in [4.69, 9.17) is 4.98 Å². The standard InChI is InChI=1S/C25H19NS/c1-2-6-19-16(5-1)11-14-21-20(19)13-12-17-9-10-18(15-22(17)21)25-26-23-7-3-4-8-24(23)27-25/h1-8,11-14,18H,9-10,15H2. The van der Waals surface area contributed by atoms with E-state index in [9.17, 15) is 0 Å². The second-order valence-electron chi connectivity index (χ2n) is 7.54. The van der Waals surface area contributed by atoms with Crippen LogP contribution in [0.15, 0.2) is 72.8 Å². The average Bonchev–Trinajstić information content (AvgIpc) is 3.17. The van der Waals surface area contributed by atoms with Crippen molar-refractivity contribution in [2.75, 3.05) is 0 Å². The third-order valence-corrected chi connectivity index (χ3v) is 7.21. The zero-order valence-corrected chi connectivity index (χ0v) is 15.8. The molecule has 1 atom stereocenters. The molecule has 1 aliphatic rings. The van der Waals surface area contributed by atoms with E-state index in [2.05, 4.69) is 72.8 Å². The van der Waals surface area contributed by atoms with Crippen LogP contribution in [-0.2, 0) is 12.8 Å². The first kappa shape index (κ1) is 15.4. The minimum atomic E-state index is 0.534. The van der Waals surface area contributed by atoms with Crippen molar-refractivity contribution in [1.29, 1.82) is 0 Å². The van der Waals surface area contributed by atoms with Gasteiger partial charge in [0.15, 0.2) is 0 Å². The Morgan fingerprint density at radius 3 is 2.59 bits per heavy atom. The van der Waals surface area contributed by atoms with Gasteiger partial charge in [-0.3, -0.25) is 0 Å². The van der Waals surface area contributed by atoms with Gasteiger partial charge in [0.05, 0.1) is 15.2 Å². The van der Waals surface area contributed by atoms with Crippen molar-refractivity contribution < 1.29 is 0 Å². The van der Waals surface area contributed by atoms with Gasteiger partial charge in [-0.1, -0.05) is 60.7 Å². The molecule has 4 aromatic carbocycles. The predicted molar refractivity (Wildman–Crippen MR) is 116 cm³/mol. The van der Waals surface area contributed by atoms with Crippen molar-refractivity contribution >= 4 is 43.1 Å². The molecular weight excluding hydrogens is 346 g/mol. The number of aryl methyl sites for hydroxylation is 1. The SMILES string of the molecule is c1ccc2c(c1)ccc1c3c(ccc12)CCC(c1nc2ccccc2s1)C3. The summed E-state index contributed by atoms with van der Waals surface area (Å²) in [6.07, 6.45) is 3.45. The highest BCUT2D eigenvalue weighted by Crippen LogP contribution is 2.40. The van der Waals surface area contributed by atoms with Crippen LogP contribution in [0.1, 0.15) is 28.5 Å². The van der Waals surface area contributed by atoms with Crippen molar-refractivity contribution in [2.45, 2.75) is 25.2 Å². The number of rotatable bonds is 1. The number of nitrogens with zero attached hydrogens (tertiary/aromatic N) is 1. The third kappa shape index (κ3) is 2.40. The quantitative estimate of drug-likeness (QED) is 0.295. The molecule has 0 fully saturated rings. The zero-order chi connectivity index (χ0) is 17.8. The second-order valence-corrected chi connectivity index (χ2v) is 8.61. The summed E-state index contributed by atoms with van der Waals surface area (Å²) >= 11 is 1.88. The summed E-state index contributed by atoms with van der Waals surface area (Å²) < 4.78 is 1.31. The first-order valence-electron chi connectivity index (χ1n) is 9.64. The van der Waals surface area contributed by atoms with E-state index < -0.39 is 0 Å². The Bertz CT molecular complexity index is 1280. The number of para-hydroxylation sites is 1. The van der Waals surface area contributed by atoms with Gasteiger partial charge in [0.2, 0.25) is 0 Å². The Labute approximate surface area is 162 Å². The Balaban J connectivity index is 1.49. The fourth-order valence-corrected chi connectivity index (χ4v) is 5.73. The van der Waals surface area contributed by atoms with Crippen LogP contribution in [0.4, 0.5) is 0 Å². The van der Waals surface area contributed by atoms with Gasteiger partial charge in [-0.2, -0.15) is 0 Å². The first-order valence-corrected chi connectivity index (χ1v) is 10.5. The lowest BCUT2D eigenvalue weighted by molar-refractivity contribution is 0.586. The van der Waals surface area contributed by atoms with Gasteiger partial charge in [0.25, 0.3) is 0 Å². The molecule has 0 radical (unpaired) electrons. The van der Waals surface area contributed by atoms with Gasteiger partial charge in [0, 0.05) is 5.92 Å². The predicted octanol–water partition coefficient (Wildman–Crippen LogP) is 6.88. The van der Waals surface area contributed by atoms with Gasteiger partial charge < -0.3 is 0 Å². The lowest BCUT2D eigenvalue weighted by Crippen LogP contribution is -2.13. The topological polar surface area (TPSA) is 12.9 Å². The van der Waals surface area contributed by atoms with Crippen LogP contribution in [0, 0.1) is 0 Å². The lowest BCUT2D eigenvalue weighted by Gasteiger charge is -2.25. The maximum absolute atomic E-state index is 4.96. The molecule has 1 unspecified atom stereocenters. The summed E-state index contributed by atoms with van der Waals surface area (Å²) in [5.74, 6) is 0.534. The Kier molecular flexibility index (Phi) is 3.36. The molecule has 0 N–H and O–H groups in total. The summed E-state index contributed by atoms with van der Waals surface area (Å²) in [5.41, 5.74) is 4.20. The molecule has 0 aliphatic heterocycles. The summed E-state index contributed by atoms with van der Waals surface area (Å²) in [7, 11) is 0. The van der Waals surface area contributed by atoms with E-state index in [0.29, 0.717) is 5.92 Å². The van der Waals surface area contributed by atoms with Gasteiger partial charge in [0.1, 0.15) is 0 Å². The highest BCUT2D eigenvalue weighted by atomic mass is 32.1. The van der Waals surface area contributed by atoms with Gasteiger partial charge in [-0.15, -0.1) is 11.3 Å². The molecule has 0 saturated carbocycles. The fourth-order valence-electron chi connectivity index (χ4n) is 4.62. The molecular formula is C25H19NS. The van der Waals surface area contributed by atoms with E-state index in [1.54, 1.807) is 0 Å². The summed E-state index contributed by atoms with van der Waals surface area (Å²) in [6, 6.07) is 26.5. The maximum Gasteiger partial charge on any atom is 0.0972 e. The molecule has 0 saturated heterocycles. The van der Waals surface area contributed by atoms with Crippen LogP contribution in [0.25, 0.3) is 31.8 Å². The summed E-state index contributed by atoms with van der Waals surface area (Å²) in [6.45, 7) is 0. The minimum Gasteiger partial charge on any atom is -0.241 e. The van der Waals surface area contributed by atoms with E-state index in [-0.39, 0.29) is 0 Å². The molecule has 2 heteroatoms. The highest BCUT2D eigenvalue weighted by molar-refractivity contribution is 7.18. The second kappa shape index (κ2) is 5.90. The molecule has 1 nitrogen and oxygen atoms in total. The molecule has 1 aromatic heterocycles.